The first-order chi connectivity index (χ1) is 10.1. The third-order valence-electron chi connectivity index (χ3n) is 2.64. The molecule has 2 N–H and O–H groups in total. The minimum absolute atomic E-state index is 0.0468. The number of imidazole rings is 1. The topological polar surface area (TPSA) is 88.9 Å². The first-order valence-electron chi connectivity index (χ1n) is 6.58. The van der Waals surface area contributed by atoms with Gasteiger partial charge in [-0.15, -0.1) is 0 Å². The molecule has 2 amide bonds. The van der Waals surface area contributed by atoms with E-state index in [2.05, 4.69) is 20.6 Å². The number of pyridine rings is 1. The highest BCUT2D eigenvalue weighted by atomic mass is 16.2. The molecule has 2 aromatic heterocycles. The highest BCUT2D eigenvalue weighted by Gasteiger charge is 2.09. The summed E-state index contributed by atoms with van der Waals surface area (Å²) < 4.78 is 1.73. The van der Waals surface area contributed by atoms with Gasteiger partial charge in [0.25, 0.3) is 5.91 Å². The van der Waals surface area contributed by atoms with Crippen molar-refractivity contribution in [3.8, 4) is 5.82 Å². The average molecular weight is 287 g/mol. The SMILES string of the molecule is CC(C)NC(=O)CNC(=O)c1ccc(-n2ccnc2)nc1. The average Bonchev–Trinajstić information content (AvgIpc) is 2.98. The highest BCUT2D eigenvalue weighted by molar-refractivity contribution is 5.96. The van der Waals surface area contributed by atoms with Crippen LogP contribution in [0.15, 0.2) is 37.1 Å². The summed E-state index contributed by atoms with van der Waals surface area (Å²) >= 11 is 0. The van der Waals surface area contributed by atoms with E-state index >= 15 is 0 Å². The van der Waals surface area contributed by atoms with Crippen LogP contribution in [0.25, 0.3) is 5.82 Å². The number of amides is 2. The van der Waals surface area contributed by atoms with Crippen LogP contribution in [0.1, 0.15) is 24.2 Å². The van der Waals surface area contributed by atoms with E-state index in [4.69, 9.17) is 0 Å². The Balaban J connectivity index is 1.93. The van der Waals surface area contributed by atoms with E-state index in [1.165, 1.54) is 6.20 Å². The van der Waals surface area contributed by atoms with Gasteiger partial charge in [0.15, 0.2) is 0 Å². The molecule has 110 valence electrons. The zero-order valence-electron chi connectivity index (χ0n) is 11.9. The molecular weight excluding hydrogens is 270 g/mol. The van der Waals surface area contributed by atoms with Gasteiger partial charge in [-0.25, -0.2) is 9.97 Å². The molecule has 0 aliphatic carbocycles. The van der Waals surface area contributed by atoms with Crippen LogP contribution < -0.4 is 10.6 Å². The lowest BCUT2D eigenvalue weighted by Gasteiger charge is -2.09. The molecule has 0 unspecified atom stereocenters. The zero-order chi connectivity index (χ0) is 15.2. The van der Waals surface area contributed by atoms with E-state index < -0.39 is 0 Å². The molecule has 7 heteroatoms. The lowest BCUT2D eigenvalue weighted by Crippen LogP contribution is -2.39. The number of aromatic nitrogens is 3. The summed E-state index contributed by atoms with van der Waals surface area (Å²) in [5, 5.41) is 5.25. The minimum atomic E-state index is -0.335. The van der Waals surface area contributed by atoms with Gasteiger partial charge >= 0.3 is 0 Å². The van der Waals surface area contributed by atoms with Crippen LogP contribution in [0.2, 0.25) is 0 Å². The van der Waals surface area contributed by atoms with Crippen LogP contribution in [-0.2, 0) is 4.79 Å². The van der Waals surface area contributed by atoms with Gasteiger partial charge in [0.1, 0.15) is 12.1 Å². The van der Waals surface area contributed by atoms with E-state index in [1.54, 1.807) is 35.4 Å². The predicted molar refractivity (Wildman–Crippen MR) is 77.0 cm³/mol. The van der Waals surface area contributed by atoms with Gasteiger partial charge in [0.2, 0.25) is 5.91 Å². The number of carbonyl (C=O) groups is 2. The molecule has 0 fully saturated rings. The van der Waals surface area contributed by atoms with Gasteiger partial charge in [-0.3, -0.25) is 14.2 Å². The molecule has 21 heavy (non-hydrogen) atoms. The quantitative estimate of drug-likeness (QED) is 0.839. The van der Waals surface area contributed by atoms with E-state index in [1.807, 2.05) is 13.8 Å². The molecule has 7 nitrogen and oxygen atoms in total. The monoisotopic (exact) mass is 287 g/mol. The van der Waals surface area contributed by atoms with Crippen molar-refractivity contribution in [3.05, 3.63) is 42.6 Å². The largest absolute Gasteiger partial charge is 0.352 e. The van der Waals surface area contributed by atoms with Crippen LogP contribution in [0.3, 0.4) is 0 Å². The lowest BCUT2D eigenvalue weighted by molar-refractivity contribution is -0.120. The van der Waals surface area contributed by atoms with Crippen molar-refractivity contribution in [2.24, 2.45) is 0 Å². The normalized spacial score (nSPS) is 10.4. The Morgan fingerprint density at radius 2 is 2.14 bits per heavy atom. The number of hydrogen-bond donors (Lipinski definition) is 2. The van der Waals surface area contributed by atoms with Crippen molar-refractivity contribution in [1.29, 1.82) is 0 Å². The third kappa shape index (κ3) is 4.13. The summed E-state index contributed by atoms with van der Waals surface area (Å²) in [5.41, 5.74) is 0.399. The van der Waals surface area contributed by atoms with E-state index in [0.29, 0.717) is 11.4 Å². The van der Waals surface area contributed by atoms with Crippen LogP contribution in [-0.4, -0.2) is 38.9 Å². The first kappa shape index (κ1) is 14.7. The van der Waals surface area contributed by atoms with Crippen LogP contribution in [0.5, 0.6) is 0 Å². The number of carbonyl (C=O) groups excluding carboxylic acids is 2. The molecule has 2 aromatic rings. The number of nitrogens with zero attached hydrogens (tertiary/aromatic N) is 3. The van der Waals surface area contributed by atoms with Gasteiger partial charge < -0.3 is 10.6 Å². The van der Waals surface area contributed by atoms with Crippen LogP contribution >= 0.6 is 0 Å². The lowest BCUT2D eigenvalue weighted by atomic mass is 10.2. The van der Waals surface area contributed by atoms with Crippen molar-refractivity contribution in [2.45, 2.75) is 19.9 Å². The molecule has 0 bridgehead atoms. The molecule has 0 spiro atoms. The number of rotatable bonds is 5. The molecule has 0 aromatic carbocycles. The van der Waals surface area contributed by atoms with E-state index in [-0.39, 0.29) is 24.4 Å². The summed E-state index contributed by atoms with van der Waals surface area (Å²) in [6.07, 6.45) is 6.50. The Bertz CT molecular complexity index is 605. The number of hydrogen-bond acceptors (Lipinski definition) is 4. The smallest absolute Gasteiger partial charge is 0.253 e. The Morgan fingerprint density at radius 1 is 1.33 bits per heavy atom. The summed E-state index contributed by atoms with van der Waals surface area (Å²) in [6.45, 7) is 3.66. The molecule has 0 aliphatic heterocycles. The summed E-state index contributed by atoms with van der Waals surface area (Å²) in [7, 11) is 0. The van der Waals surface area contributed by atoms with E-state index in [9.17, 15) is 9.59 Å². The van der Waals surface area contributed by atoms with E-state index in [0.717, 1.165) is 0 Å². The second kappa shape index (κ2) is 6.65. The first-order valence-corrected chi connectivity index (χ1v) is 6.58. The number of nitrogens with one attached hydrogen (secondary N) is 2. The maximum Gasteiger partial charge on any atom is 0.253 e. The molecule has 0 radical (unpaired) electrons. The van der Waals surface area contributed by atoms with Gasteiger partial charge in [0.05, 0.1) is 12.1 Å². The van der Waals surface area contributed by atoms with Gasteiger partial charge in [-0.05, 0) is 26.0 Å². The summed E-state index contributed by atoms with van der Waals surface area (Å²) in [4.78, 5) is 31.4. The second-order valence-electron chi connectivity index (χ2n) is 4.78. The summed E-state index contributed by atoms with van der Waals surface area (Å²) in [6, 6.07) is 3.41. The Labute approximate surface area is 122 Å². The Kier molecular flexibility index (Phi) is 4.65. The fourth-order valence-corrected chi connectivity index (χ4v) is 1.70. The molecule has 2 rings (SSSR count). The van der Waals surface area contributed by atoms with Crippen molar-refractivity contribution in [2.75, 3.05) is 6.54 Å². The van der Waals surface area contributed by atoms with Gasteiger partial charge in [-0.2, -0.15) is 0 Å². The molecule has 0 aliphatic rings. The fraction of sp³-hybridized carbons (Fsp3) is 0.286. The van der Waals surface area contributed by atoms with Crippen molar-refractivity contribution >= 4 is 11.8 Å². The van der Waals surface area contributed by atoms with Gasteiger partial charge in [-0.1, -0.05) is 0 Å². The Morgan fingerprint density at radius 3 is 2.71 bits per heavy atom. The molecule has 0 saturated heterocycles. The molecule has 2 heterocycles. The van der Waals surface area contributed by atoms with Crippen molar-refractivity contribution < 1.29 is 9.59 Å². The molecular formula is C14H17N5O2. The summed E-state index contributed by atoms with van der Waals surface area (Å²) in [5.74, 6) is 0.113. The fourth-order valence-electron chi connectivity index (χ4n) is 1.70. The maximum absolute atomic E-state index is 11.9. The maximum atomic E-state index is 11.9. The molecule has 0 saturated carbocycles. The third-order valence-corrected chi connectivity index (χ3v) is 2.64. The minimum Gasteiger partial charge on any atom is -0.352 e. The van der Waals surface area contributed by atoms with Crippen LogP contribution in [0.4, 0.5) is 0 Å². The zero-order valence-corrected chi connectivity index (χ0v) is 11.9. The molecule has 0 atom stereocenters. The predicted octanol–water partition coefficient (Wildman–Crippen LogP) is 0.522. The second-order valence-corrected chi connectivity index (χ2v) is 4.78. The van der Waals surface area contributed by atoms with Crippen LogP contribution in [0, 0.1) is 0 Å². The Hall–Kier alpha value is -2.70. The highest BCUT2D eigenvalue weighted by Crippen LogP contribution is 2.05. The standard InChI is InChI=1S/C14H17N5O2/c1-10(2)18-13(20)8-17-14(21)11-3-4-12(16-7-11)19-6-5-15-9-19/h3-7,9-10H,8H2,1-2H3,(H,17,21)(H,18,20). The van der Waals surface area contributed by atoms with Crippen molar-refractivity contribution in [1.82, 2.24) is 25.2 Å². The van der Waals surface area contributed by atoms with Crippen molar-refractivity contribution in [3.63, 3.8) is 0 Å². The van der Waals surface area contributed by atoms with Gasteiger partial charge in [0, 0.05) is 24.6 Å².